The molecular formula is C27H23ClN2O3S. The van der Waals surface area contributed by atoms with Crippen molar-refractivity contribution in [3.05, 3.63) is 81.2 Å². The summed E-state index contributed by atoms with van der Waals surface area (Å²) in [6, 6.07) is 16.7. The number of fused-ring (bicyclic) bond motifs is 2. The van der Waals surface area contributed by atoms with Crippen LogP contribution < -0.4 is 5.32 Å². The molecule has 0 fully saturated rings. The molecule has 1 aliphatic rings. The van der Waals surface area contributed by atoms with E-state index in [9.17, 15) is 9.59 Å². The normalized spacial score (nSPS) is 15.1. The fraction of sp³-hybridized carbons (Fsp3) is 0.222. The molecule has 0 saturated carbocycles. The van der Waals surface area contributed by atoms with E-state index in [1.54, 1.807) is 12.1 Å². The molecule has 5 rings (SSSR count). The number of para-hydroxylation sites is 1. The molecule has 2 aromatic carbocycles. The number of thiophene rings is 1. The van der Waals surface area contributed by atoms with Crippen molar-refractivity contribution in [2.24, 2.45) is 5.92 Å². The third-order valence-corrected chi connectivity index (χ3v) is 7.74. The van der Waals surface area contributed by atoms with Crippen LogP contribution in [0.1, 0.15) is 44.5 Å². The van der Waals surface area contributed by atoms with Crippen molar-refractivity contribution in [1.29, 1.82) is 0 Å². The van der Waals surface area contributed by atoms with Crippen LogP contribution in [0.4, 0.5) is 5.00 Å². The van der Waals surface area contributed by atoms with Gasteiger partial charge in [-0.3, -0.25) is 4.79 Å². The lowest BCUT2D eigenvalue weighted by molar-refractivity contribution is 0.0601. The van der Waals surface area contributed by atoms with Crippen LogP contribution >= 0.6 is 22.9 Å². The average Bonchev–Trinajstić information content (AvgIpc) is 3.19. The van der Waals surface area contributed by atoms with E-state index >= 15 is 0 Å². The number of pyridine rings is 1. The van der Waals surface area contributed by atoms with Gasteiger partial charge in [-0.2, -0.15) is 0 Å². The number of nitrogens with zero attached hydrogens (tertiary/aromatic N) is 1. The number of carbonyl (C=O) groups excluding carboxylic acids is 2. The van der Waals surface area contributed by atoms with E-state index in [-0.39, 0.29) is 5.91 Å². The highest BCUT2D eigenvalue weighted by molar-refractivity contribution is 7.17. The SMILES string of the molecule is COC(=O)c1c(NC(=O)c2cc(-c3ccccc3Cl)nc3ccccc23)sc2c1CC[C@H](C)C2. The van der Waals surface area contributed by atoms with E-state index in [2.05, 4.69) is 12.2 Å². The number of rotatable bonds is 4. The second-order valence-corrected chi connectivity index (χ2v) is 10.1. The molecule has 0 spiro atoms. The highest BCUT2D eigenvalue weighted by Crippen LogP contribution is 2.40. The summed E-state index contributed by atoms with van der Waals surface area (Å²) in [6.45, 7) is 2.21. The van der Waals surface area contributed by atoms with E-state index in [1.807, 2.05) is 42.5 Å². The Labute approximate surface area is 206 Å². The van der Waals surface area contributed by atoms with E-state index in [0.717, 1.165) is 40.7 Å². The van der Waals surface area contributed by atoms with E-state index in [4.69, 9.17) is 21.3 Å². The lowest BCUT2D eigenvalue weighted by atomic mass is 9.88. The number of esters is 1. The highest BCUT2D eigenvalue weighted by atomic mass is 35.5. The maximum absolute atomic E-state index is 13.6. The predicted octanol–water partition coefficient (Wildman–Crippen LogP) is 6.78. The number of amides is 1. The minimum atomic E-state index is -0.418. The van der Waals surface area contributed by atoms with Crippen molar-refractivity contribution >= 4 is 50.7 Å². The van der Waals surface area contributed by atoms with Gasteiger partial charge in [0.05, 0.1) is 29.4 Å². The second-order valence-electron chi connectivity index (χ2n) is 8.55. The lowest BCUT2D eigenvalue weighted by Crippen LogP contribution is -2.16. The first-order valence-electron chi connectivity index (χ1n) is 11.1. The van der Waals surface area contributed by atoms with Crippen molar-refractivity contribution in [2.45, 2.75) is 26.2 Å². The topological polar surface area (TPSA) is 68.3 Å². The number of halogens is 1. The zero-order valence-corrected chi connectivity index (χ0v) is 20.4. The Morgan fingerprint density at radius 2 is 1.91 bits per heavy atom. The maximum atomic E-state index is 13.6. The Bertz CT molecular complexity index is 1430. The second kappa shape index (κ2) is 9.20. The van der Waals surface area contributed by atoms with Gasteiger partial charge in [0.1, 0.15) is 5.00 Å². The molecule has 2 aromatic heterocycles. The summed E-state index contributed by atoms with van der Waals surface area (Å²) in [7, 11) is 1.37. The molecule has 0 aliphatic heterocycles. The molecule has 0 bridgehead atoms. The summed E-state index contributed by atoms with van der Waals surface area (Å²) in [5, 5.41) is 4.84. The molecule has 0 unspecified atom stereocenters. The van der Waals surface area contributed by atoms with Crippen molar-refractivity contribution in [2.75, 3.05) is 12.4 Å². The molecule has 1 amide bonds. The number of ether oxygens (including phenoxy) is 1. The van der Waals surface area contributed by atoms with Crippen LogP contribution in [0.15, 0.2) is 54.6 Å². The highest BCUT2D eigenvalue weighted by Gasteiger charge is 2.29. The summed E-state index contributed by atoms with van der Waals surface area (Å²) in [4.78, 5) is 32.2. The molecule has 0 radical (unpaired) electrons. The smallest absolute Gasteiger partial charge is 0.341 e. The van der Waals surface area contributed by atoms with Gasteiger partial charge in [0, 0.05) is 20.8 Å². The number of benzene rings is 2. The predicted molar refractivity (Wildman–Crippen MR) is 137 cm³/mol. The minimum absolute atomic E-state index is 0.302. The molecule has 1 atom stereocenters. The zero-order valence-electron chi connectivity index (χ0n) is 18.9. The molecule has 0 saturated heterocycles. The van der Waals surface area contributed by atoms with Gasteiger partial charge in [0.2, 0.25) is 0 Å². The Kier molecular flexibility index (Phi) is 6.11. The summed E-state index contributed by atoms with van der Waals surface area (Å²) in [6.07, 6.45) is 2.72. The van der Waals surface area contributed by atoms with Crippen LogP contribution in [0.2, 0.25) is 5.02 Å². The van der Waals surface area contributed by atoms with Gasteiger partial charge in [-0.15, -0.1) is 11.3 Å². The number of anilines is 1. The largest absolute Gasteiger partial charge is 0.465 e. The molecule has 7 heteroatoms. The number of nitrogens with one attached hydrogen (secondary N) is 1. The van der Waals surface area contributed by atoms with Gasteiger partial charge in [-0.25, -0.2) is 9.78 Å². The number of aromatic nitrogens is 1. The first-order valence-corrected chi connectivity index (χ1v) is 12.3. The monoisotopic (exact) mass is 490 g/mol. The Morgan fingerprint density at radius 1 is 1.15 bits per heavy atom. The van der Waals surface area contributed by atoms with Gasteiger partial charge >= 0.3 is 5.97 Å². The van der Waals surface area contributed by atoms with Crippen molar-refractivity contribution in [3.63, 3.8) is 0 Å². The zero-order chi connectivity index (χ0) is 23.8. The number of hydrogen-bond acceptors (Lipinski definition) is 5. The van der Waals surface area contributed by atoms with E-state index in [0.29, 0.717) is 38.3 Å². The average molecular weight is 491 g/mol. The summed E-state index contributed by atoms with van der Waals surface area (Å²) in [5.41, 5.74) is 4.00. The summed E-state index contributed by atoms with van der Waals surface area (Å²) < 4.78 is 5.07. The van der Waals surface area contributed by atoms with E-state index in [1.165, 1.54) is 18.4 Å². The van der Waals surface area contributed by atoms with Crippen molar-refractivity contribution in [1.82, 2.24) is 4.98 Å². The minimum Gasteiger partial charge on any atom is -0.465 e. The standard InChI is InChI=1S/C27H23ClN2O3S/c1-15-11-12-18-23(13-15)34-26(24(18)27(32)33-2)30-25(31)19-14-22(17-8-3-5-9-20(17)28)29-21-10-6-4-7-16(19)21/h3-10,14-15H,11-13H2,1-2H3,(H,30,31)/t15-/m0/s1. The lowest BCUT2D eigenvalue weighted by Gasteiger charge is -2.18. The Hall–Kier alpha value is -3.22. The third kappa shape index (κ3) is 4.08. The van der Waals surface area contributed by atoms with E-state index < -0.39 is 5.97 Å². The van der Waals surface area contributed by atoms with Crippen LogP contribution in [0.3, 0.4) is 0 Å². The molecule has 1 aliphatic carbocycles. The first-order chi connectivity index (χ1) is 16.5. The van der Waals surface area contributed by atoms with Crippen molar-refractivity contribution in [3.8, 4) is 11.3 Å². The molecule has 5 nitrogen and oxygen atoms in total. The summed E-state index contributed by atoms with van der Waals surface area (Å²) >= 11 is 7.89. The molecule has 2 heterocycles. The Balaban J connectivity index is 1.60. The van der Waals surface area contributed by atoms with Crippen LogP contribution in [0.25, 0.3) is 22.2 Å². The maximum Gasteiger partial charge on any atom is 0.341 e. The third-order valence-electron chi connectivity index (χ3n) is 6.24. The number of hydrogen-bond donors (Lipinski definition) is 1. The molecule has 4 aromatic rings. The van der Waals surface area contributed by atoms with Crippen molar-refractivity contribution < 1.29 is 14.3 Å². The van der Waals surface area contributed by atoms with Gasteiger partial charge in [-0.05, 0) is 48.9 Å². The van der Waals surface area contributed by atoms with Crippen LogP contribution in [0.5, 0.6) is 0 Å². The van der Waals surface area contributed by atoms with Crippen LogP contribution in [0, 0.1) is 5.92 Å². The fourth-order valence-corrected chi connectivity index (χ4v) is 6.12. The first kappa shape index (κ1) is 22.6. The molecule has 172 valence electrons. The number of methoxy groups -OCH3 is 1. The molecule has 1 N–H and O–H groups in total. The Morgan fingerprint density at radius 3 is 2.71 bits per heavy atom. The van der Waals surface area contributed by atoms with Gasteiger partial charge in [-0.1, -0.05) is 54.9 Å². The number of carbonyl (C=O) groups is 2. The van der Waals surface area contributed by atoms with Crippen LogP contribution in [-0.4, -0.2) is 24.0 Å². The van der Waals surface area contributed by atoms with Gasteiger partial charge < -0.3 is 10.1 Å². The molecular weight excluding hydrogens is 468 g/mol. The molecule has 34 heavy (non-hydrogen) atoms. The summed E-state index contributed by atoms with van der Waals surface area (Å²) in [5.74, 6) is -0.176. The quantitative estimate of drug-likeness (QED) is 0.320. The van der Waals surface area contributed by atoms with Crippen LogP contribution in [-0.2, 0) is 17.6 Å². The fourth-order valence-electron chi connectivity index (χ4n) is 4.50. The van der Waals surface area contributed by atoms with Gasteiger partial charge in [0.25, 0.3) is 5.91 Å². The van der Waals surface area contributed by atoms with Gasteiger partial charge in [0.15, 0.2) is 0 Å².